The predicted molar refractivity (Wildman–Crippen MR) is 104 cm³/mol. The highest BCUT2D eigenvalue weighted by molar-refractivity contribution is 6.35. The maximum atomic E-state index is 12.0. The van der Waals surface area contributed by atoms with Gasteiger partial charge in [0.2, 0.25) is 0 Å². The summed E-state index contributed by atoms with van der Waals surface area (Å²) in [6, 6.07) is 10.7. The van der Waals surface area contributed by atoms with Gasteiger partial charge in [0.1, 0.15) is 0 Å². The number of fused-ring (bicyclic) bond motifs is 1. The number of para-hydroxylation sites is 1. The van der Waals surface area contributed by atoms with Crippen molar-refractivity contribution >= 4 is 51.9 Å². The van der Waals surface area contributed by atoms with E-state index in [0.29, 0.717) is 27.7 Å². The Hall–Kier alpha value is -2.56. The lowest BCUT2D eigenvalue weighted by Crippen LogP contribution is -2.00. The second kappa shape index (κ2) is 7.36. The van der Waals surface area contributed by atoms with Crippen molar-refractivity contribution in [2.45, 2.75) is 13.5 Å². The zero-order chi connectivity index (χ0) is 18.8. The maximum absolute atomic E-state index is 12.0. The van der Waals surface area contributed by atoms with E-state index in [1.807, 2.05) is 22.8 Å². The highest BCUT2D eigenvalue weighted by Crippen LogP contribution is 2.29. The smallest absolute Gasteiger partial charge is 0.328 e. The minimum absolute atomic E-state index is 0.0599. The van der Waals surface area contributed by atoms with E-state index in [2.05, 4.69) is 0 Å². The van der Waals surface area contributed by atoms with E-state index in [1.165, 1.54) is 13.0 Å². The van der Waals surface area contributed by atoms with Gasteiger partial charge in [-0.3, -0.25) is 4.79 Å². The van der Waals surface area contributed by atoms with E-state index in [0.717, 1.165) is 22.5 Å². The van der Waals surface area contributed by atoms with Crippen LogP contribution in [0.4, 0.5) is 0 Å². The van der Waals surface area contributed by atoms with Crippen LogP contribution in [0, 0.1) is 0 Å². The van der Waals surface area contributed by atoms with Crippen LogP contribution in [-0.4, -0.2) is 21.4 Å². The van der Waals surface area contributed by atoms with Gasteiger partial charge in [0.05, 0.1) is 5.52 Å². The molecule has 0 aliphatic rings. The number of nitrogens with zero attached hydrogens (tertiary/aromatic N) is 1. The third-order valence-corrected chi connectivity index (χ3v) is 4.66. The van der Waals surface area contributed by atoms with Crippen LogP contribution in [0.3, 0.4) is 0 Å². The first kappa shape index (κ1) is 18.2. The van der Waals surface area contributed by atoms with Crippen LogP contribution in [0.2, 0.25) is 10.0 Å². The number of ketones is 1. The molecule has 0 fully saturated rings. The molecule has 132 valence electrons. The molecular formula is C20H15Cl2NO3. The molecule has 0 unspecified atom stereocenters. The van der Waals surface area contributed by atoms with E-state index >= 15 is 0 Å². The normalized spacial score (nSPS) is 11.3. The third-order valence-electron chi connectivity index (χ3n) is 4.07. The van der Waals surface area contributed by atoms with Crippen molar-refractivity contribution in [1.29, 1.82) is 0 Å². The van der Waals surface area contributed by atoms with Gasteiger partial charge in [0.15, 0.2) is 5.78 Å². The number of benzene rings is 2. The number of aromatic nitrogens is 1. The highest BCUT2D eigenvalue weighted by Gasteiger charge is 2.15. The number of carboxylic acids is 1. The van der Waals surface area contributed by atoms with Gasteiger partial charge in [0.25, 0.3) is 0 Å². The average molecular weight is 388 g/mol. The molecule has 1 aromatic heterocycles. The second-order valence-corrected chi connectivity index (χ2v) is 6.72. The van der Waals surface area contributed by atoms with E-state index < -0.39 is 5.97 Å². The molecule has 3 rings (SSSR count). The summed E-state index contributed by atoms with van der Waals surface area (Å²) in [7, 11) is 0. The standard InChI is InChI=1S/C20H15Cl2NO3/c1-12(24)17-11-23(10-14-5-7-15(21)9-18(14)22)20-13(6-8-19(25)26)3-2-4-16(17)20/h2-9,11H,10H2,1H3,(H,25,26)/b8-6+. The summed E-state index contributed by atoms with van der Waals surface area (Å²) in [6.07, 6.45) is 4.37. The molecule has 2 aromatic carbocycles. The summed E-state index contributed by atoms with van der Waals surface area (Å²) in [5, 5.41) is 10.8. The first-order valence-corrected chi connectivity index (χ1v) is 8.60. The number of hydrogen-bond acceptors (Lipinski definition) is 2. The van der Waals surface area contributed by atoms with E-state index in [1.54, 1.807) is 24.4 Å². The van der Waals surface area contributed by atoms with Crippen molar-refractivity contribution in [1.82, 2.24) is 4.57 Å². The molecule has 0 amide bonds. The fourth-order valence-electron chi connectivity index (χ4n) is 2.92. The lowest BCUT2D eigenvalue weighted by molar-refractivity contribution is -0.131. The monoisotopic (exact) mass is 387 g/mol. The number of carboxylic acid groups (broad SMARTS) is 1. The molecule has 1 heterocycles. The third kappa shape index (κ3) is 3.66. The van der Waals surface area contributed by atoms with Crippen LogP contribution >= 0.6 is 23.2 Å². The Kier molecular flexibility index (Phi) is 5.16. The van der Waals surface area contributed by atoms with Gasteiger partial charge < -0.3 is 9.67 Å². The molecule has 0 atom stereocenters. The van der Waals surface area contributed by atoms with Crippen molar-refractivity contribution in [2.75, 3.05) is 0 Å². The van der Waals surface area contributed by atoms with Crippen molar-refractivity contribution in [3.05, 3.63) is 75.4 Å². The quantitative estimate of drug-likeness (QED) is 0.477. The Bertz CT molecular complexity index is 1050. The summed E-state index contributed by atoms with van der Waals surface area (Å²) >= 11 is 12.2. The van der Waals surface area contributed by atoms with Crippen LogP contribution in [0.5, 0.6) is 0 Å². The van der Waals surface area contributed by atoms with Gasteiger partial charge >= 0.3 is 5.97 Å². The minimum atomic E-state index is -1.03. The van der Waals surface area contributed by atoms with Crippen molar-refractivity contribution < 1.29 is 14.7 Å². The maximum Gasteiger partial charge on any atom is 0.328 e. The SMILES string of the molecule is CC(=O)c1cn(Cc2ccc(Cl)cc2Cl)c2c(/C=C/C(=O)O)cccc12. The van der Waals surface area contributed by atoms with E-state index in [4.69, 9.17) is 28.3 Å². The van der Waals surface area contributed by atoms with Gasteiger partial charge in [-0.05, 0) is 36.3 Å². The summed E-state index contributed by atoms with van der Waals surface area (Å²) < 4.78 is 1.91. The second-order valence-electron chi connectivity index (χ2n) is 5.88. The number of carbonyl (C=O) groups is 2. The topological polar surface area (TPSA) is 59.3 Å². The van der Waals surface area contributed by atoms with Crippen LogP contribution in [0.1, 0.15) is 28.4 Å². The first-order valence-electron chi connectivity index (χ1n) is 7.84. The molecule has 0 radical (unpaired) electrons. The van der Waals surface area contributed by atoms with Crippen LogP contribution < -0.4 is 0 Å². The Balaban J connectivity index is 2.20. The molecule has 3 aromatic rings. The Morgan fingerprint density at radius 2 is 1.96 bits per heavy atom. The molecule has 0 aliphatic carbocycles. The number of hydrogen-bond donors (Lipinski definition) is 1. The number of Topliss-reactive ketones (excluding diaryl/α,β-unsaturated/α-hetero) is 1. The molecule has 0 aliphatic heterocycles. The Morgan fingerprint density at radius 1 is 1.19 bits per heavy atom. The highest BCUT2D eigenvalue weighted by atomic mass is 35.5. The number of rotatable bonds is 5. The van der Waals surface area contributed by atoms with Gasteiger partial charge in [-0.25, -0.2) is 4.79 Å². The number of halogens is 2. The Morgan fingerprint density at radius 3 is 2.62 bits per heavy atom. The predicted octanol–water partition coefficient (Wildman–Crippen LogP) is 5.30. The molecule has 1 N–H and O–H groups in total. The lowest BCUT2D eigenvalue weighted by atomic mass is 10.1. The van der Waals surface area contributed by atoms with Crippen molar-refractivity contribution in [2.24, 2.45) is 0 Å². The number of aliphatic carboxylic acids is 1. The molecule has 0 bridgehead atoms. The molecular weight excluding hydrogens is 373 g/mol. The Labute approximate surface area is 160 Å². The van der Waals surface area contributed by atoms with Gasteiger partial charge in [-0.2, -0.15) is 0 Å². The largest absolute Gasteiger partial charge is 0.478 e. The zero-order valence-corrected chi connectivity index (χ0v) is 15.4. The molecule has 6 heteroatoms. The molecule has 4 nitrogen and oxygen atoms in total. The van der Waals surface area contributed by atoms with Crippen LogP contribution in [0.15, 0.2) is 48.7 Å². The number of carbonyl (C=O) groups excluding carboxylic acids is 1. The van der Waals surface area contributed by atoms with E-state index in [-0.39, 0.29) is 5.78 Å². The fourth-order valence-corrected chi connectivity index (χ4v) is 3.39. The summed E-state index contributed by atoms with van der Waals surface area (Å²) in [6.45, 7) is 1.94. The zero-order valence-electron chi connectivity index (χ0n) is 13.9. The molecule has 0 spiro atoms. The summed E-state index contributed by atoms with van der Waals surface area (Å²) in [4.78, 5) is 22.9. The summed E-state index contributed by atoms with van der Waals surface area (Å²) in [5.41, 5.74) is 2.92. The van der Waals surface area contributed by atoms with Gasteiger partial charge in [0, 0.05) is 39.8 Å². The van der Waals surface area contributed by atoms with Crippen LogP contribution in [0.25, 0.3) is 17.0 Å². The van der Waals surface area contributed by atoms with Crippen LogP contribution in [-0.2, 0) is 11.3 Å². The van der Waals surface area contributed by atoms with Crippen molar-refractivity contribution in [3.8, 4) is 0 Å². The molecule has 0 saturated heterocycles. The summed E-state index contributed by atoms with van der Waals surface area (Å²) in [5.74, 6) is -1.09. The first-order chi connectivity index (χ1) is 12.4. The van der Waals surface area contributed by atoms with Crippen molar-refractivity contribution in [3.63, 3.8) is 0 Å². The lowest BCUT2D eigenvalue weighted by Gasteiger charge is -2.10. The molecule has 26 heavy (non-hydrogen) atoms. The average Bonchev–Trinajstić information content (AvgIpc) is 2.95. The van der Waals surface area contributed by atoms with E-state index in [9.17, 15) is 9.59 Å². The van der Waals surface area contributed by atoms with Gasteiger partial charge in [-0.15, -0.1) is 0 Å². The van der Waals surface area contributed by atoms with Gasteiger partial charge in [-0.1, -0.05) is 47.5 Å². The minimum Gasteiger partial charge on any atom is -0.478 e. The fraction of sp³-hybridized carbons (Fsp3) is 0.100. The molecule has 0 saturated carbocycles.